The lowest BCUT2D eigenvalue weighted by atomic mass is 10.2. The molecule has 0 spiro atoms. The molecule has 0 bridgehead atoms. The van der Waals surface area contributed by atoms with Crippen LogP contribution < -0.4 is 0 Å². The van der Waals surface area contributed by atoms with E-state index in [9.17, 15) is 18.0 Å². The summed E-state index contributed by atoms with van der Waals surface area (Å²) in [5.41, 5.74) is -1.55. The Morgan fingerprint density at radius 2 is 2.07 bits per heavy atom. The van der Waals surface area contributed by atoms with Crippen LogP contribution in [-0.2, 0) is 0 Å². The van der Waals surface area contributed by atoms with Crippen molar-refractivity contribution in [2.75, 3.05) is 0 Å². The van der Waals surface area contributed by atoms with Crippen LogP contribution in [0.1, 0.15) is 22.3 Å². The average Bonchev–Trinajstić information content (AvgIpc) is 2.02. The van der Waals surface area contributed by atoms with E-state index in [1.54, 1.807) is 0 Å². The number of carbonyl (C=O) groups is 1. The van der Waals surface area contributed by atoms with Crippen molar-refractivity contribution in [3.63, 3.8) is 0 Å². The highest BCUT2D eigenvalue weighted by atomic mass is 35.5. The van der Waals surface area contributed by atoms with Crippen molar-refractivity contribution in [2.24, 2.45) is 0 Å². The standard InChI is InChI=1S/C7H2Cl2F3NO/c8-4-2(6(10)11)1-13-7(12)3(4)5(9)14/h1,6H. The van der Waals surface area contributed by atoms with Crippen LogP contribution in [0.2, 0.25) is 5.02 Å². The highest BCUT2D eigenvalue weighted by Gasteiger charge is 2.22. The van der Waals surface area contributed by atoms with Crippen molar-refractivity contribution in [1.29, 1.82) is 0 Å². The van der Waals surface area contributed by atoms with Gasteiger partial charge in [0.2, 0.25) is 5.95 Å². The Labute approximate surface area is 86.6 Å². The van der Waals surface area contributed by atoms with Gasteiger partial charge in [0, 0.05) is 6.20 Å². The SMILES string of the molecule is O=C(Cl)c1c(F)ncc(C(F)F)c1Cl. The molecule has 0 radical (unpaired) electrons. The molecule has 2 nitrogen and oxygen atoms in total. The van der Waals surface area contributed by atoms with Gasteiger partial charge in [0.05, 0.1) is 10.6 Å². The molecule has 0 saturated carbocycles. The molecule has 0 unspecified atom stereocenters. The summed E-state index contributed by atoms with van der Waals surface area (Å²) >= 11 is 10.3. The molecule has 0 N–H and O–H groups in total. The van der Waals surface area contributed by atoms with E-state index >= 15 is 0 Å². The van der Waals surface area contributed by atoms with Crippen LogP contribution in [0, 0.1) is 5.95 Å². The van der Waals surface area contributed by atoms with E-state index in [2.05, 4.69) is 4.98 Å². The van der Waals surface area contributed by atoms with Crippen LogP contribution >= 0.6 is 23.2 Å². The van der Waals surface area contributed by atoms with Crippen LogP contribution in [0.15, 0.2) is 6.20 Å². The van der Waals surface area contributed by atoms with E-state index in [0.29, 0.717) is 6.20 Å². The Kier molecular flexibility index (Phi) is 3.34. The molecule has 14 heavy (non-hydrogen) atoms. The zero-order valence-electron chi connectivity index (χ0n) is 6.40. The number of hydrogen-bond donors (Lipinski definition) is 0. The molecule has 1 aromatic rings. The minimum atomic E-state index is -2.94. The molecule has 0 aromatic carbocycles. The second-order valence-corrected chi connectivity index (χ2v) is 2.99. The largest absolute Gasteiger partial charge is 0.275 e. The third-order valence-electron chi connectivity index (χ3n) is 1.43. The number of alkyl halides is 2. The number of carbonyl (C=O) groups excluding carboxylic acids is 1. The minimum Gasteiger partial charge on any atom is -0.275 e. The molecule has 0 amide bonds. The van der Waals surface area contributed by atoms with Crippen LogP contribution in [0.5, 0.6) is 0 Å². The van der Waals surface area contributed by atoms with Crippen molar-refractivity contribution in [3.05, 3.63) is 28.3 Å². The summed E-state index contributed by atoms with van der Waals surface area (Å²) in [6.45, 7) is 0. The maximum atomic E-state index is 12.8. The van der Waals surface area contributed by atoms with Crippen molar-refractivity contribution < 1.29 is 18.0 Å². The Bertz CT molecular complexity index is 383. The van der Waals surface area contributed by atoms with Gasteiger partial charge in [-0.1, -0.05) is 11.6 Å². The molecular weight excluding hydrogens is 242 g/mol. The first-order chi connectivity index (χ1) is 6.45. The smallest absolute Gasteiger partial charge is 0.266 e. The molecule has 7 heteroatoms. The number of aromatic nitrogens is 1. The first-order valence-electron chi connectivity index (χ1n) is 3.27. The lowest BCUT2D eigenvalue weighted by Crippen LogP contribution is -2.02. The summed E-state index contributed by atoms with van der Waals surface area (Å²) in [4.78, 5) is 13.6. The highest BCUT2D eigenvalue weighted by molar-refractivity contribution is 6.68. The first kappa shape index (κ1) is 11.3. The van der Waals surface area contributed by atoms with E-state index in [0.717, 1.165) is 0 Å². The van der Waals surface area contributed by atoms with Gasteiger partial charge in [-0.15, -0.1) is 0 Å². The molecule has 0 atom stereocenters. The van der Waals surface area contributed by atoms with Crippen molar-refractivity contribution in [2.45, 2.75) is 6.43 Å². The number of pyridine rings is 1. The molecule has 0 aliphatic rings. The normalized spacial score (nSPS) is 10.7. The third kappa shape index (κ3) is 1.99. The lowest BCUT2D eigenvalue weighted by Gasteiger charge is -2.05. The summed E-state index contributed by atoms with van der Waals surface area (Å²) in [6, 6.07) is 0. The monoisotopic (exact) mass is 243 g/mol. The van der Waals surface area contributed by atoms with Crippen molar-refractivity contribution >= 4 is 28.4 Å². The summed E-state index contributed by atoms with van der Waals surface area (Å²) in [5, 5.41) is -1.96. The van der Waals surface area contributed by atoms with Crippen molar-refractivity contribution in [3.8, 4) is 0 Å². The lowest BCUT2D eigenvalue weighted by molar-refractivity contribution is 0.107. The van der Waals surface area contributed by atoms with Crippen LogP contribution in [0.3, 0.4) is 0 Å². The third-order valence-corrected chi connectivity index (χ3v) is 2.02. The fourth-order valence-electron chi connectivity index (χ4n) is 0.802. The predicted molar refractivity (Wildman–Crippen MR) is 44.3 cm³/mol. The first-order valence-corrected chi connectivity index (χ1v) is 4.02. The summed E-state index contributed by atoms with van der Waals surface area (Å²) in [5.74, 6) is -1.26. The van der Waals surface area contributed by atoms with Gasteiger partial charge >= 0.3 is 0 Å². The Balaban J connectivity index is 3.41. The highest BCUT2D eigenvalue weighted by Crippen LogP contribution is 2.30. The van der Waals surface area contributed by atoms with E-state index < -0.39 is 33.8 Å². The molecular formula is C7H2Cl2F3NO. The fraction of sp³-hybridized carbons (Fsp3) is 0.143. The van der Waals surface area contributed by atoms with Gasteiger partial charge in [-0.2, -0.15) is 4.39 Å². The zero-order valence-corrected chi connectivity index (χ0v) is 7.91. The van der Waals surface area contributed by atoms with Crippen LogP contribution in [-0.4, -0.2) is 10.2 Å². The van der Waals surface area contributed by atoms with Gasteiger partial charge in [-0.3, -0.25) is 4.79 Å². The van der Waals surface area contributed by atoms with Crippen LogP contribution in [0.4, 0.5) is 13.2 Å². The zero-order chi connectivity index (χ0) is 10.9. The number of nitrogens with zero attached hydrogens (tertiary/aromatic N) is 1. The molecule has 0 aliphatic carbocycles. The molecule has 0 aliphatic heterocycles. The van der Waals surface area contributed by atoms with Crippen LogP contribution in [0.25, 0.3) is 0 Å². The van der Waals surface area contributed by atoms with E-state index in [-0.39, 0.29) is 0 Å². The van der Waals surface area contributed by atoms with Gasteiger partial charge in [0.15, 0.2) is 0 Å². The van der Waals surface area contributed by atoms with Gasteiger partial charge in [0.25, 0.3) is 11.7 Å². The number of rotatable bonds is 2. The Morgan fingerprint density at radius 1 is 1.50 bits per heavy atom. The van der Waals surface area contributed by atoms with Gasteiger partial charge in [0.1, 0.15) is 5.56 Å². The van der Waals surface area contributed by atoms with E-state index in [1.165, 1.54) is 0 Å². The maximum Gasteiger partial charge on any atom is 0.266 e. The molecule has 1 rings (SSSR count). The molecule has 0 saturated heterocycles. The second-order valence-electron chi connectivity index (χ2n) is 2.27. The minimum absolute atomic E-state index is 0.561. The van der Waals surface area contributed by atoms with Crippen molar-refractivity contribution in [1.82, 2.24) is 4.98 Å². The number of hydrogen-bond acceptors (Lipinski definition) is 2. The maximum absolute atomic E-state index is 12.8. The summed E-state index contributed by atoms with van der Waals surface area (Å²) < 4.78 is 37.2. The van der Waals surface area contributed by atoms with E-state index in [4.69, 9.17) is 23.2 Å². The topological polar surface area (TPSA) is 30.0 Å². The average molecular weight is 244 g/mol. The molecule has 1 aromatic heterocycles. The molecule has 76 valence electrons. The van der Waals surface area contributed by atoms with E-state index in [1.807, 2.05) is 0 Å². The number of halogens is 5. The predicted octanol–water partition coefficient (Wildman–Crippen LogP) is 3.19. The second kappa shape index (κ2) is 4.14. The summed E-state index contributed by atoms with van der Waals surface area (Å²) in [7, 11) is 0. The Morgan fingerprint density at radius 3 is 2.50 bits per heavy atom. The van der Waals surface area contributed by atoms with Gasteiger partial charge < -0.3 is 0 Å². The van der Waals surface area contributed by atoms with Gasteiger partial charge in [-0.25, -0.2) is 13.8 Å². The summed E-state index contributed by atoms with van der Waals surface area (Å²) in [6.07, 6.45) is -2.38. The Hall–Kier alpha value is -0.810. The van der Waals surface area contributed by atoms with Gasteiger partial charge in [-0.05, 0) is 11.6 Å². The molecule has 0 fully saturated rings. The molecule has 1 heterocycles. The fourth-order valence-corrected chi connectivity index (χ4v) is 1.32. The quantitative estimate of drug-likeness (QED) is 0.590.